The maximum Gasteiger partial charge on any atom is 0.324 e. The van der Waals surface area contributed by atoms with Gasteiger partial charge < -0.3 is 20.3 Å². The van der Waals surface area contributed by atoms with E-state index in [4.69, 9.17) is 9.84 Å². The Balaban J connectivity index is 1.47. The van der Waals surface area contributed by atoms with Crippen molar-refractivity contribution in [1.29, 1.82) is 0 Å². The van der Waals surface area contributed by atoms with Gasteiger partial charge >= 0.3 is 6.03 Å². The van der Waals surface area contributed by atoms with Crippen LogP contribution in [0.15, 0.2) is 79.1 Å². The molecule has 2 aromatic heterocycles. The molecule has 4 aromatic rings. The Labute approximate surface area is 234 Å². The van der Waals surface area contributed by atoms with E-state index in [1.54, 1.807) is 47.4 Å². The summed E-state index contributed by atoms with van der Waals surface area (Å²) in [5.74, 6) is 1.80. The minimum atomic E-state index is -0.400. The number of rotatable bonds is 11. The highest BCUT2D eigenvalue weighted by Gasteiger charge is 2.21. The molecule has 0 atom stereocenters. The number of aliphatic hydroxyl groups excluding tert-OH is 2. The van der Waals surface area contributed by atoms with Crippen LogP contribution in [0, 0.1) is 0 Å². The summed E-state index contributed by atoms with van der Waals surface area (Å²) in [4.78, 5) is 19.0. The summed E-state index contributed by atoms with van der Waals surface area (Å²) in [6, 6.07) is 20.0. The highest BCUT2D eigenvalue weighted by Crippen LogP contribution is 2.27. The van der Waals surface area contributed by atoms with E-state index < -0.39 is 6.03 Å². The fourth-order valence-corrected chi connectivity index (χ4v) is 4.02. The molecule has 4 N–H and O–H groups in total. The van der Waals surface area contributed by atoms with Gasteiger partial charge in [-0.1, -0.05) is 32.9 Å². The van der Waals surface area contributed by atoms with Gasteiger partial charge in [-0.3, -0.25) is 15.2 Å². The summed E-state index contributed by atoms with van der Waals surface area (Å²) in [5, 5.41) is 29.1. The van der Waals surface area contributed by atoms with Crippen LogP contribution in [0.25, 0.3) is 5.69 Å². The molecule has 10 heteroatoms. The van der Waals surface area contributed by atoms with Crippen molar-refractivity contribution in [2.75, 3.05) is 36.9 Å². The summed E-state index contributed by atoms with van der Waals surface area (Å²) < 4.78 is 7.48. The first-order valence-corrected chi connectivity index (χ1v) is 13.1. The molecule has 2 heterocycles. The summed E-state index contributed by atoms with van der Waals surface area (Å²) in [7, 11) is 0. The van der Waals surface area contributed by atoms with Crippen LogP contribution in [0.2, 0.25) is 0 Å². The second-order valence-electron chi connectivity index (χ2n) is 10.4. The Morgan fingerprint density at radius 2 is 1.65 bits per heavy atom. The molecule has 0 aliphatic heterocycles. The number of aromatic nitrogens is 3. The number of aliphatic hydroxyl groups is 2. The zero-order valence-electron chi connectivity index (χ0n) is 23.0. The van der Waals surface area contributed by atoms with Crippen LogP contribution in [0.5, 0.6) is 11.5 Å². The van der Waals surface area contributed by atoms with E-state index in [2.05, 4.69) is 36.4 Å². The summed E-state index contributed by atoms with van der Waals surface area (Å²) in [6.45, 7) is 7.84. The third-order valence-corrected chi connectivity index (χ3v) is 6.12. The number of pyridine rings is 1. The van der Waals surface area contributed by atoms with Crippen molar-refractivity contribution in [3.63, 3.8) is 0 Å². The van der Waals surface area contributed by atoms with Crippen molar-refractivity contribution < 1.29 is 19.7 Å². The number of ether oxygens (including phenoxy) is 1. The van der Waals surface area contributed by atoms with Crippen LogP contribution in [0.3, 0.4) is 0 Å². The zero-order chi connectivity index (χ0) is 28.5. The van der Waals surface area contributed by atoms with E-state index in [1.165, 1.54) is 0 Å². The van der Waals surface area contributed by atoms with Gasteiger partial charge in [-0.15, -0.1) is 0 Å². The second kappa shape index (κ2) is 13.2. The number of hydrogen-bond donors (Lipinski definition) is 4. The highest BCUT2D eigenvalue weighted by atomic mass is 16.5. The molecule has 0 aliphatic carbocycles. The monoisotopic (exact) mass is 544 g/mol. The average molecular weight is 545 g/mol. The number of carbonyl (C=O) groups is 1. The molecule has 10 nitrogen and oxygen atoms in total. The second-order valence-corrected chi connectivity index (χ2v) is 10.4. The lowest BCUT2D eigenvalue weighted by molar-refractivity contribution is 0.156. The van der Waals surface area contributed by atoms with Crippen molar-refractivity contribution in [3.05, 3.63) is 90.4 Å². The number of nitrogens with one attached hydrogen (secondary N) is 2. The molecule has 0 unspecified atom stereocenters. The summed E-state index contributed by atoms with van der Waals surface area (Å²) in [5.41, 5.74) is 3.05. The van der Waals surface area contributed by atoms with Gasteiger partial charge in [0.25, 0.3) is 0 Å². The van der Waals surface area contributed by atoms with Crippen LogP contribution in [-0.4, -0.2) is 62.2 Å². The van der Waals surface area contributed by atoms with Crippen molar-refractivity contribution in [2.24, 2.45) is 0 Å². The molecular formula is C30H36N6O4. The predicted molar refractivity (Wildman–Crippen MR) is 155 cm³/mol. The maximum atomic E-state index is 12.9. The van der Waals surface area contributed by atoms with Gasteiger partial charge in [0.2, 0.25) is 0 Å². The average Bonchev–Trinajstić information content (AvgIpc) is 3.35. The van der Waals surface area contributed by atoms with E-state index in [9.17, 15) is 15.0 Å². The topological polar surface area (TPSA) is 125 Å². The van der Waals surface area contributed by atoms with Crippen LogP contribution in [-0.2, 0) is 12.0 Å². The molecule has 0 aliphatic rings. The minimum Gasteiger partial charge on any atom is -0.456 e. The quantitative estimate of drug-likeness (QED) is 0.214. The number of nitrogens with zero attached hydrogens (tertiary/aromatic N) is 4. The van der Waals surface area contributed by atoms with E-state index in [-0.39, 0.29) is 18.6 Å². The van der Waals surface area contributed by atoms with Gasteiger partial charge in [0.1, 0.15) is 17.3 Å². The highest BCUT2D eigenvalue weighted by molar-refractivity contribution is 5.99. The third-order valence-electron chi connectivity index (χ3n) is 6.12. The van der Waals surface area contributed by atoms with Crippen molar-refractivity contribution in [3.8, 4) is 17.2 Å². The van der Waals surface area contributed by atoms with Gasteiger partial charge in [0.05, 0.1) is 30.8 Å². The minimum absolute atomic E-state index is 0.0291. The molecule has 2 amide bonds. The Morgan fingerprint density at radius 3 is 2.25 bits per heavy atom. The lowest BCUT2D eigenvalue weighted by Crippen LogP contribution is -2.29. The first-order chi connectivity index (χ1) is 19.2. The van der Waals surface area contributed by atoms with Crippen LogP contribution in [0.1, 0.15) is 32.0 Å². The molecule has 0 saturated carbocycles. The van der Waals surface area contributed by atoms with Gasteiger partial charge in [0.15, 0.2) is 0 Å². The molecule has 2 aromatic carbocycles. The standard InChI is InChI=1S/C30H36N6O4/c1-30(2,3)27-19-28(36(34-27)24-10-6-22(7-11-24)21-35(15-17-37)16-18-38)33-29(39)32-23-8-12-25(13-9-23)40-26-5-4-14-31-20-26/h4-14,19-20,37-38H,15-18,21H2,1-3H3,(H2,32,33,39). The fraction of sp³-hybridized carbons (Fsp3) is 0.300. The van der Waals surface area contributed by atoms with E-state index in [1.807, 2.05) is 41.3 Å². The van der Waals surface area contributed by atoms with Crippen LogP contribution >= 0.6 is 0 Å². The van der Waals surface area contributed by atoms with Crippen molar-refractivity contribution in [2.45, 2.75) is 32.7 Å². The molecule has 0 radical (unpaired) electrons. The molecule has 0 spiro atoms. The van der Waals surface area contributed by atoms with Gasteiger partial charge in [-0.05, 0) is 54.1 Å². The smallest absolute Gasteiger partial charge is 0.324 e. The molecule has 0 saturated heterocycles. The maximum absolute atomic E-state index is 12.9. The molecule has 40 heavy (non-hydrogen) atoms. The number of amides is 2. The number of carbonyl (C=O) groups excluding carboxylic acids is 1. The molecule has 210 valence electrons. The van der Waals surface area contributed by atoms with Crippen LogP contribution < -0.4 is 15.4 Å². The molecule has 4 rings (SSSR count). The molecule has 0 fully saturated rings. The molecule has 0 bridgehead atoms. The summed E-state index contributed by atoms with van der Waals surface area (Å²) in [6.07, 6.45) is 3.31. The lowest BCUT2D eigenvalue weighted by Gasteiger charge is -2.20. The predicted octanol–water partition coefficient (Wildman–Crippen LogP) is 4.79. The number of benzene rings is 2. The number of urea groups is 1. The van der Waals surface area contributed by atoms with Gasteiger partial charge in [-0.2, -0.15) is 5.10 Å². The van der Waals surface area contributed by atoms with E-state index >= 15 is 0 Å². The SMILES string of the molecule is CC(C)(C)c1cc(NC(=O)Nc2ccc(Oc3cccnc3)cc2)n(-c2ccc(CN(CCO)CCO)cc2)n1. The van der Waals surface area contributed by atoms with Gasteiger partial charge in [-0.25, -0.2) is 9.48 Å². The first-order valence-electron chi connectivity index (χ1n) is 13.1. The zero-order valence-corrected chi connectivity index (χ0v) is 23.0. The van der Waals surface area contributed by atoms with Crippen LogP contribution in [0.4, 0.5) is 16.3 Å². The van der Waals surface area contributed by atoms with E-state index in [0.717, 1.165) is 16.9 Å². The third kappa shape index (κ3) is 7.89. The van der Waals surface area contributed by atoms with Crippen molar-refractivity contribution in [1.82, 2.24) is 19.7 Å². The van der Waals surface area contributed by atoms with E-state index in [0.29, 0.717) is 42.6 Å². The largest absolute Gasteiger partial charge is 0.456 e. The number of anilines is 2. The summed E-state index contributed by atoms with van der Waals surface area (Å²) >= 11 is 0. The Morgan fingerprint density at radius 1 is 0.950 bits per heavy atom. The fourth-order valence-electron chi connectivity index (χ4n) is 4.02. The van der Waals surface area contributed by atoms with Crippen molar-refractivity contribution >= 4 is 17.5 Å². The molecular weight excluding hydrogens is 508 g/mol. The number of hydrogen-bond acceptors (Lipinski definition) is 7. The van der Waals surface area contributed by atoms with Gasteiger partial charge in [0, 0.05) is 43.0 Å². The Hall–Kier alpha value is -4.25. The normalized spacial score (nSPS) is 11.4. The Kier molecular flexibility index (Phi) is 9.49. The lowest BCUT2D eigenvalue weighted by atomic mass is 9.92. The first kappa shape index (κ1) is 28.8. The Bertz CT molecular complexity index is 1360.